The van der Waals surface area contributed by atoms with Crippen molar-refractivity contribution in [3.63, 3.8) is 0 Å². The van der Waals surface area contributed by atoms with Gasteiger partial charge >= 0.3 is 0 Å². The number of hydrogen-bond acceptors (Lipinski definition) is 8. The van der Waals surface area contributed by atoms with Gasteiger partial charge in [0.15, 0.2) is 0 Å². The largest absolute Gasteiger partial charge is 0.545 e. The molecule has 17 heavy (non-hydrogen) atoms. The summed E-state index contributed by atoms with van der Waals surface area (Å²) in [5.74, 6) is 0. The summed E-state index contributed by atoms with van der Waals surface area (Å²) in [6.07, 6.45) is 0. The molecule has 0 aliphatic rings. The van der Waals surface area contributed by atoms with Crippen LogP contribution in [-0.4, -0.2) is 54.3 Å². The molecule has 0 saturated heterocycles. The summed E-state index contributed by atoms with van der Waals surface area (Å²) < 4.78 is 0. The first-order chi connectivity index (χ1) is 8.00. The molecule has 104 valence electrons. The van der Waals surface area contributed by atoms with Gasteiger partial charge in [-0.1, -0.05) is 0 Å². The SMILES string of the molecule is [CH-]=O.[CH-]=O.[CH-]=O.[CH-]=O.[CH-]=O.[CH-]=O.[CH-]=O.[CH-]=O.[Fe]. The quantitative estimate of drug-likeness (QED) is 0.278. The maximum Gasteiger partial charge on any atom is 0 e. The summed E-state index contributed by atoms with van der Waals surface area (Å²) >= 11 is 0. The van der Waals surface area contributed by atoms with Crippen molar-refractivity contribution in [1.29, 1.82) is 0 Å². The van der Waals surface area contributed by atoms with Crippen LogP contribution in [0.2, 0.25) is 0 Å². The van der Waals surface area contributed by atoms with Gasteiger partial charge in [-0.3, -0.25) is 54.3 Å². The zero-order valence-electron chi connectivity index (χ0n) is 8.24. The van der Waals surface area contributed by atoms with E-state index in [0.717, 1.165) is 0 Å². The number of hydrogen-bond donors (Lipinski definition) is 0. The molecule has 0 radical (unpaired) electrons. The Kier molecular flexibility index (Phi) is 2500. The molecule has 0 heterocycles. The van der Waals surface area contributed by atoms with Gasteiger partial charge in [0.05, 0.1) is 0 Å². The Hall–Kier alpha value is -2.12. The predicted molar refractivity (Wildman–Crippen MR) is 54.0 cm³/mol. The Morgan fingerprint density at radius 2 is 0.235 bits per heavy atom. The van der Waals surface area contributed by atoms with E-state index in [4.69, 9.17) is 38.4 Å². The monoisotopic (exact) mass is 288 g/mol. The summed E-state index contributed by atoms with van der Waals surface area (Å²) in [4.78, 5) is 62.0. The Balaban J connectivity index is -0.00000000610. The molecule has 0 atom stereocenters. The van der Waals surface area contributed by atoms with Crippen LogP contribution in [-0.2, 0) is 55.4 Å². The summed E-state index contributed by atoms with van der Waals surface area (Å²) in [6.45, 7) is 26.0. The van der Waals surface area contributed by atoms with Crippen molar-refractivity contribution in [1.82, 2.24) is 0 Å². The first-order valence-corrected chi connectivity index (χ1v) is 1.89. The number of rotatable bonds is 0. The van der Waals surface area contributed by atoms with Crippen LogP contribution in [0.1, 0.15) is 0 Å². The molecule has 0 N–H and O–H groups in total. The maximum atomic E-state index is 7.75. The van der Waals surface area contributed by atoms with Crippen molar-refractivity contribution in [3.05, 3.63) is 0 Å². The molecule has 0 aromatic carbocycles. The normalized spacial score (nSPS) is 1.88. The third-order valence-corrected chi connectivity index (χ3v) is 0. The molecule has 0 aliphatic heterocycles. The molecule has 0 aromatic rings. The van der Waals surface area contributed by atoms with E-state index in [0.29, 0.717) is 0 Å². The Bertz CT molecular complexity index is 45.5. The zero-order chi connectivity index (χ0) is 16.0. The minimum absolute atomic E-state index is 0. The smallest absolute Gasteiger partial charge is 0 e. The third kappa shape index (κ3) is 436. The number of carbonyl (C=O) groups excluding carboxylic acids is 8. The first kappa shape index (κ1) is 82.9. The van der Waals surface area contributed by atoms with Gasteiger partial charge < -0.3 is 38.4 Å². The second-order valence-electron chi connectivity index (χ2n) is 0. The fourth-order valence-electron chi connectivity index (χ4n) is 0. The van der Waals surface area contributed by atoms with Gasteiger partial charge in [-0.25, -0.2) is 0 Å². The van der Waals surface area contributed by atoms with E-state index in [1.54, 1.807) is 0 Å². The summed E-state index contributed by atoms with van der Waals surface area (Å²) in [6, 6.07) is 0. The van der Waals surface area contributed by atoms with Crippen LogP contribution in [0.5, 0.6) is 0 Å². The molecule has 0 aromatic heterocycles. The predicted octanol–water partition coefficient (Wildman–Crippen LogP) is -2.20. The molecule has 0 amide bonds. The summed E-state index contributed by atoms with van der Waals surface area (Å²) in [5.41, 5.74) is 0. The summed E-state index contributed by atoms with van der Waals surface area (Å²) in [7, 11) is 0. The molecular weight excluding hydrogens is 280 g/mol. The Labute approximate surface area is 110 Å². The average Bonchev–Trinajstić information content (AvgIpc) is 2.54. The molecule has 0 bridgehead atoms. The van der Waals surface area contributed by atoms with Crippen molar-refractivity contribution in [2.45, 2.75) is 0 Å². The molecule has 0 rings (SSSR count). The van der Waals surface area contributed by atoms with Gasteiger partial charge in [-0.05, 0) is 0 Å². The van der Waals surface area contributed by atoms with E-state index in [2.05, 4.69) is 54.3 Å². The van der Waals surface area contributed by atoms with Crippen LogP contribution < -0.4 is 0 Å². The molecule has 0 unspecified atom stereocenters. The fourth-order valence-corrected chi connectivity index (χ4v) is 0. The maximum absolute atomic E-state index is 7.75. The van der Waals surface area contributed by atoms with Crippen LogP contribution in [0, 0.1) is 0 Å². The fraction of sp³-hybridized carbons (Fsp3) is 0. The standard InChI is InChI=1S/8CHO.Fe/c8*1-2;/h8*1H;/q8*-1;. The van der Waals surface area contributed by atoms with Gasteiger partial charge in [0.1, 0.15) is 0 Å². The van der Waals surface area contributed by atoms with E-state index >= 15 is 0 Å². The first-order valence-electron chi connectivity index (χ1n) is 1.89. The van der Waals surface area contributed by atoms with Crippen molar-refractivity contribution in [3.8, 4) is 0 Å². The van der Waals surface area contributed by atoms with Crippen LogP contribution in [0.25, 0.3) is 0 Å². The molecule has 8 nitrogen and oxygen atoms in total. The zero-order valence-corrected chi connectivity index (χ0v) is 9.34. The summed E-state index contributed by atoms with van der Waals surface area (Å²) in [5, 5.41) is 0. The van der Waals surface area contributed by atoms with E-state index in [1.165, 1.54) is 0 Å². The van der Waals surface area contributed by atoms with Crippen molar-refractivity contribution in [2.75, 3.05) is 0 Å². The second-order valence-corrected chi connectivity index (χ2v) is 0. The van der Waals surface area contributed by atoms with E-state index in [9.17, 15) is 0 Å². The molecule has 0 saturated carbocycles. The van der Waals surface area contributed by atoms with E-state index in [-0.39, 0.29) is 17.1 Å². The average molecular weight is 288 g/mol. The Morgan fingerprint density at radius 1 is 0.235 bits per heavy atom. The topological polar surface area (TPSA) is 137 Å². The van der Waals surface area contributed by atoms with Crippen molar-refractivity contribution in [2.24, 2.45) is 0 Å². The molecule has 0 fully saturated rings. The van der Waals surface area contributed by atoms with Gasteiger partial charge in [0.25, 0.3) is 0 Å². The minimum atomic E-state index is 0. The van der Waals surface area contributed by atoms with Crippen LogP contribution in [0.15, 0.2) is 0 Å². The third-order valence-electron chi connectivity index (χ3n) is 0. The molecule has 9 heteroatoms. The molecule has 0 aliphatic carbocycles. The van der Waals surface area contributed by atoms with Gasteiger partial charge in [-0.2, -0.15) is 0 Å². The van der Waals surface area contributed by atoms with Crippen molar-refractivity contribution < 1.29 is 55.4 Å². The van der Waals surface area contributed by atoms with Gasteiger partial charge in [-0.15, -0.1) is 0 Å². The van der Waals surface area contributed by atoms with Crippen LogP contribution in [0.3, 0.4) is 0 Å². The van der Waals surface area contributed by atoms with Gasteiger partial charge in [0, 0.05) is 17.1 Å². The molecular formula is C8H8FeO8-8. The van der Waals surface area contributed by atoms with Crippen molar-refractivity contribution >= 4 is 54.3 Å². The van der Waals surface area contributed by atoms with E-state index < -0.39 is 0 Å². The minimum Gasteiger partial charge on any atom is -0.545 e. The van der Waals surface area contributed by atoms with Crippen LogP contribution in [0.4, 0.5) is 0 Å². The second kappa shape index (κ2) is 512. The van der Waals surface area contributed by atoms with Gasteiger partial charge in [0.2, 0.25) is 0 Å². The Morgan fingerprint density at radius 3 is 0.235 bits per heavy atom. The molecule has 0 spiro atoms. The van der Waals surface area contributed by atoms with Crippen LogP contribution >= 0.6 is 0 Å². The van der Waals surface area contributed by atoms with E-state index in [1.807, 2.05) is 0 Å².